The normalized spacial score (nSPS) is 18.4. The number of halogens is 1. The lowest BCUT2D eigenvalue weighted by Crippen LogP contribution is -2.61. The van der Waals surface area contributed by atoms with E-state index in [9.17, 15) is 5.11 Å². The largest absolute Gasteiger partial charge is 0.494 e. The summed E-state index contributed by atoms with van der Waals surface area (Å²) in [5.41, 5.74) is -0.433. The van der Waals surface area contributed by atoms with E-state index in [2.05, 4.69) is 4.90 Å². The van der Waals surface area contributed by atoms with Gasteiger partial charge in [0.1, 0.15) is 5.75 Å². The zero-order valence-electron chi connectivity index (χ0n) is 10.7. The summed E-state index contributed by atoms with van der Waals surface area (Å²) in [5, 5.41) is 10.6. The summed E-state index contributed by atoms with van der Waals surface area (Å²) in [6.07, 6.45) is 1.81. The standard InChI is InChI=1S/C14H20ClNO2/c1-2-14(17)10-16(11-14)8-3-9-18-13-6-4-12(15)5-7-13/h4-7,17H,2-3,8-11H2,1H3. The van der Waals surface area contributed by atoms with Crippen LogP contribution in [-0.4, -0.2) is 41.8 Å². The first-order valence-electron chi connectivity index (χ1n) is 6.44. The second-order valence-electron chi connectivity index (χ2n) is 4.94. The SMILES string of the molecule is CCC1(O)CN(CCCOc2ccc(Cl)cc2)C1. The van der Waals surface area contributed by atoms with Gasteiger partial charge in [0.15, 0.2) is 0 Å². The molecule has 0 atom stereocenters. The fraction of sp³-hybridized carbons (Fsp3) is 0.571. The highest BCUT2D eigenvalue weighted by atomic mass is 35.5. The van der Waals surface area contributed by atoms with Crippen molar-refractivity contribution in [2.75, 3.05) is 26.2 Å². The predicted molar refractivity (Wildman–Crippen MR) is 73.2 cm³/mol. The summed E-state index contributed by atoms with van der Waals surface area (Å²) >= 11 is 5.80. The molecule has 0 bridgehead atoms. The number of β-amino-alcohol motifs (C(OH)–C–C–N with tert-alkyl or cyclic N) is 1. The molecule has 1 aliphatic rings. The third kappa shape index (κ3) is 3.61. The average Bonchev–Trinajstić information content (AvgIpc) is 2.34. The number of hydrogen-bond acceptors (Lipinski definition) is 3. The van der Waals surface area contributed by atoms with E-state index in [1.807, 2.05) is 31.2 Å². The molecular weight excluding hydrogens is 250 g/mol. The smallest absolute Gasteiger partial charge is 0.119 e. The van der Waals surface area contributed by atoms with Crippen molar-refractivity contribution in [2.45, 2.75) is 25.4 Å². The fourth-order valence-corrected chi connectivity index (χ4v) is 2.30. The summed E-state index contributed by atoms with van der Waals surface area (Å²) in [6, 6.07) is 7.41. The Morgan fingerprint density at radius 2 is 2.00 bits per heavy atom. The van der Waals surface area contributed by atoms with Crippen LogP contribution in [0.15, 0.2) is 24.3 Å². The number of nitrogens with zero attached hydrogens (tertiary/aromatic N) is 1. The zero-order chi connectivity index (χ0) is 13.0. The molecule has 4 heteroatoms. The summed E-state index contributed by atoms with van der Waals surface area (Å²) in [7, 11) is 0. The first kappa shape index (κ1) is 13.7. The van der Waals surface area contributed by atoms with E-state index >= 15 is 0 Å². The molecule has 0 saturated carbocycles. The van der Waals surface area contributed by atoms with Crippen LogP contribution in [0, 0.1) is 0 Å². The molecule has 0 unspecified atom stereocenters. The Morgan fingerprint density at radius 1 is 1.33 bits per heavy atom. The second kappa shape index (κ2) is 5.91. The molecule has 0 aliphatic carbocycles. The molecule has 1 aromatic carbocycles. The van der Waals surface area contributed by atoms with Gasteiger partial charge in [-0.15, -0.1) is 0 Å². The van der Waals surface area contributed by atoms with Gasteiger partial charge in [0.2, 0.25) is 0 Å². The van der Waals surface area contributed by atoms with Gasteiger partial charge in [-0.25, -0.2) is 0 Å². The number of hydrogen-bond donors (Lipinski definition) is 1. The van der Waals surface area contributed by atoms with Crippen LogP contribution in [0.3, 0.4) is 0 Å². The molecule has 1 N–H and O–H groups in total. The van der Waals surface area contributed by atoms with E-state index in [1.54, 1.807) is 0 Å². The number of benzene rings is 1. The lowest BCUT2D eigenvalue weighted by molar-refractivity contribution is -0.1000. The molecule has 1 heterocycles. The van der Waals surface area contributed by atoms with Gasteiger partial charge in [-0.2, -0.15) is 0 Å². The monoisotopic (exact) mass is 269 g/mol. The Labute approximate surface area is 113 Å². The molecule has 1 saturated heterocycles. The van der Waals surface area contributed by atoms with E-state index in [-0.39, 0.29) is 0 Å². The minimum absolute atomic E-state index is 0.433. The van der Waals surface area contributed by atoms with E-state index in [0.717, 1.165) is 43.2 Å². The number of ether oxygens (including phenoxy) is 1. The van der Waals surface area contributed by atoms with Gasteiger partial charge in [-0.1, -0.05) is 18.5 Å². The Bertz CT molecular complexity index is 374. The van der Waals surface area contributed by atoms with Gasteiger partial charge in [0, 0.05) is 24.7 Å². The van der Waals surface area contributed by atoms with Gasteiger partial charge in [0.25, 0.3) is 0 Å². The summed E-state index contributed by atoms with van der Waals surface area (Å²) < 4.78 is 5.61. The van der Waals surface area contributed by atoms with Crippen LogP contribution in [0.4, 0.5) is 0 Å². The van der Waals surface area contributed by atoms with E-state index in [4.69, 9.17) is 16.3 Å². The van der Waals surface area contributed by atoms with Crippen molar-refractivity contribution < 1.29 is 9.84 Å². The van der Waals surface area contributed by atoms with Crippen molar-refractivity contribution in [3.05, 3.63) is 29.3 Å². The van der Waals surface area contributed by atoms with Crippen molar-refractivity contribution in [1.29, 1.82) is 0 Å². The summed E-state index contributed by atoms with van der Waals surface area (Å²) in [6.45, 7) is 5.30. The van der Waals surface area contributed by atoms with Crippen LogP contribution in [0.25, 0.3) is 0 Å². The molecular formula is C14H20ClNO2. The molecule has 3 nitrogen and oxygen atoms in total. The highest BCUT2D eigenvalue weighted by Crippen LogP contribution is 2.23. The van der Waals surface area contributed by atoms with Crippen LogP contribution in [0.1, 0.15) is 19.8 Å². The Hall–Kier alpha value is -0.770. The molecule has 0 radical (unpaired) electrons. The maximum Gasteiger partial charge on any atom is 0.119 e. The molecule has 1 fully saturated rings. The lowest BCUT2D eigenvalue weighted by atomic mass is 9.91. The summed E-state index contributed by atoms with van der Waals surface area (Å²) in [4.78, 5) is 2.26. The van der Waals surface area contributed by atoms with Crippen LogP contribution in [-0.2, 0) is 0 Å². The maximum atomic E-state index is 9.86. The molecule has 1 aromatic rings. The molecule has 2 rings (SSSR count). The molecule has 100 valence electrons. The van der Waals surface area contributed by atoms with Gasteiger partial charge < -0.3 is 9.84 Å². The summed E-state index contributed by atoms with van der Waals surface area (Å²) in [5.74, 6) is 0.855. The number of rotatable bonds is 6. The van der Waals surface area contributed by atoms with Crippen molar-refractivity contribution in [3.63, 3.8) is 0 Å². The minimum Gasteiger partial charge on any atom is -0.494 e. The van der Waals surface area contributed by atoms with Gasteiger partial charge >= 0.3 is 0 Å². The Kier molecular flexibility index (Phi) is 4.49. The fourth-order valence-electron chi connectivity index (χ4n) is 2.18. The second-order valence-corrected chi connectivity index (χ2v) is 5.38. The topological polar surface area (TPSA) is 32.7 Å². The van der Waals surface area contributed by atoms with Gasteiger partial charge in [-0.3, -0.25) is 4.90 Å². The lowest BCUT2D eigenvalue weighted by Gasteiger charge is -2.46. The van der Waals surface area contributed by atoms with E-state index in [0.29, 0.717) is 6.61 Å². The average molecular weight is 270 g/mol. The van der Waals surface area contributed by atoms with Crippen molar-refractivity contribution in [3.8, 4) is 5.75 Å². The molecule has 0 amide bonds. The van der Waals surface area contributed by atoms with Crippen LogP contribution >= 0.6 is 11.6 Å². The molecule has 0 aromatic heterocycles. The highest BCUT2D eigenvalue weighted by molar-refractivity contribution is 6.30. The van der Waals surface area contributed by atoms with Crippen LogP contribution in [0.2, 0.25) is 5.02 Å². The van der Waals surface area contributed by atoms with Crippen LogP contribution in [0.5, 0.6) is 5.75 Å². The number of aliphatic hydroxyl groups is 1. The third-order valence-electron chi connectivity index (χ3n) is 3.40. The first-order valence-corrected chi connectivity index (χ1v) is 6.82. The van der Waals surface area contributed by atoms with Crippen LogP contribution < -0.4 is 4.74 Å². The predicted octanol–water partition coefficient (Wildman–Crippen LogP) is 2.57. The Balaban J connectivity index is 1.59. The quantitative estimate of drug-likeness (QED) is 0.806. The molecule has 0 spiro atoms. The molecule has 18 heavy (non-hydrogen) atoms. The zero-order valence-corrected chi connectivity index (χ0v) is 11.5. The van der Waals surface area contributed by atoms with Crippen molar-refractivity contribution in [1.82, 2.24) is 4.90 Å². The Morgan fingerprint density at radius 3 is 2.61 bits per heavy atom. The van der Waals surface area contributed by atoms with Crippen molar-refractivity contribution in [2.24, 2.45) is 0 Å². The third-order valence-corrected chi connectivity index (χ3v) is 3.65. The van der Waals surface area contributed by atoms with Gasteiger partial charge in [-0.05, 0) is 37.1 Å². The molecule has 1 aliphatic heterocycles. The highest BCUT2D eigenvalue weighted by Gasteiger charge is 2.38. The van der Waals surface area contributed by atoms with E-state index in [1.165, 1.54) is 0 Å². The maximum absolute atomic E-state index is 9.86. The number of likely N-dealkylation sites (tertiary alicyclic amines) is 1. The minimum atomic E-state index is -0.433. The van der Waals surface area contributed by atoms with Gasteiger partial charge in [0.05, 0.1) is 12.2 Å². The van der Waals surface area contributed by atoms with Crippen molar-refractivity contribution >= 4 is 11.6 Å². The van der Waals surface area contributed by atoms with E-state index < -0.39 is 5.60 Å². The first-order chi connectivity index (χ1) is 8.61.